The molecule has 0 bridgehead atoms. The van der Waals surface area contributed by atoms with E-state index in [1.54, 1.807) is 6.08 Å². The molecule has 76 valence electrons. The van der Waals surface area contributed by atoms with Crippen LogP contribution in [0.4, 0.5) is 14.5 Å². The Morgan fingerprint density at radius 2 is 2.07 bits per heavy atom. The Morgan fingerprint density at radius 1 is 1.36 bits per heavy atom. The fraction of sp³-hybridized carbons (Fsp3) is 0.200. The van der Waals surface area contributed by atoms with Crippen LogP contribution < -0.4 is 5.73 Å². The van der Waals surface area contributed by atoms with Crippen molar-refractivity contribution in [2.75, 3.05) is 11.6 Å². The molecule has 1 aromatic rings. The molecule has 0 fully saturated rings. The van der Waals surface area contributed by atoms with Crippen molar-refractivity contribution in [3.8, 4) is 0 Å². The highest BCUT2D eigenvalue weighted by Crippen LogP contribution is 2.19. The smallest absolute Gasteiger partial charge is 0.135 e. The highest BCUT2D eigenvalue weighted by Gasteiger charge is 2.05. The first-order chi connectivity index (χ1) is 6.65. The highest BCUT2D eigenvalue weighted by molar-refractivity contribution is 6.17. The number of hydrogen-bond donors (Lipinski definition) is 1. The maximum atomic E-state index is 13.1. The first kappa shape index (κ1) is 11.0. The predicted molar refractivity (Wildman–Crippen MR) is 55.1 cm³/mol. The second-order valence-corrected chi connectivity index (χ2v) is 3.15. The number of anilines is 1. The Bertz CT molecular complexity index is 327. The topological polar surface area (TPSA) is 26.0 Å². The van der Waals surface area contributed by atoms with Gasteiger partial charge in [0.15, 0.2) is 0 Å². The molecule has 0 saturated carbocycles. The van der Waals surface area contributed by atoms with Crippen LogP contribution in [0.5, 0.6) is 0 Å². The summed E-state index contributed by atoms with van der Waals surface area (Å²) >= 11 is 5.44. The summed E-state index contributed by atoms with van der Waals surface area (Å²) in [6.45, 7) is 0. The number of alkyl halides is 1. The van der Waals surface area contributed by atoms with Crippen molar-refractivity contribution in [1.82, 2.24) is 0 Å². The molecule has 0 aromatic heterocycles. The van der Waals surface area contributed by atoms with Gasteiger partial charge in [0.1, 0.15) is 11.6 Å². The zero-order valence-electron chi connectivity index (χ0n) is 7.43. The summed E-state index contributed by atoms with van der Waals surface area (Å²) in [5, 5.41) is 0. The van der Waals surface area contributed by atoms with Gasteiger partial charge in [0.2, 0.25) is 0 Å². The molecule has 0 aliphatic rings. The monoisotopic (exact) mass is 217 g/mol. The van der Waals surface area contributed by atoms with Crippen molar-refractivity contribution in [2.24, 2.45) is 0 Å². The van der Waals surface area contributed by atoms with E-state index in [-0.39, 0.29) is 11.3 Å². The highest BCUT2D eigenvalue weighted by atomic mass is 35.5. The molecule has 0 radical (unpaired) electrons. The van der Waals surface area contributed by atoms with Gasteiger partial charge in [0.25, 0.3) is 0 Å². The van der Waals surface area contributed by atoms with Gasteiger partial charge in [0.05, 0.1) is 0 Å². The Labute approximate surface area is 86.2 Å². The fourth-order valence-electron chi connectivity index (χ4n) is 1.04. The SMILES string of the molecule is Nc1cc(F)cc(F)c1C=CCCCl. The molecule has 0 unspecified atom stereocenters. The minimum Gasteiger partial charge on any atom is -0.398 e. The van der Waals surface area contributed by atoms with Gasteiger partial charge in [0, 0.05) is 23.2 Å². The predicted octanol–water partition coefficient (Wildman–Crippen LogP) is 3.19. The van der Waals surface area contributed by atoms with E-state index in [0.717, 1.165) is 12.1 Å². The molecule has 2 N–H and O–H groups in total. The summed E-state index contributed by atoms with van der Waals surface area (Å²) in [4.78, 5) is 0. The average Bonchev–Trinajstić information content (AvgIpc) is 2.09. The molecule has 0 aliphatic heterocycles. The molecule has 1 rings (SSSR count). The molecule has 0 amide bonds. The van der Waals surface area contributed by atoms with Crippen LogP contribution in [0, 0.1) is 11.6 Å². The number of allylic oxidation sites excluding steroid dienone is 1. The summed E-state index contributed by atoms with van der Waals surface area (Å²) in [6, 6.07) is 1.89. The van der Waals surface area contributed by atoms with E-state index in [0.29, 0.717) is 12.3 Å². The molecule has 0 saturated heterocycles. The van der Waals surface area contributed by atoms with Crippen LogP contribution in [-0.2, 0) is 0 Å². The molecule has 4 heteroatoms. The Morgan fingerprint density at radius 3 is 2.64 bits per heavy atom. The summed E-state index contributed by atoms with van der Waals surface area (Å²) in [5.41, 5.74) is 5.74. The third kappa shape index (κ3) is 2.70. The number of halogens is 3. The first-order valence-corrected chi connectivity index (χ1v) is 4.65. The van der Waals surface area contributed by atoms with Crippen LogP contribution in [0.1, 0.15) is 12.0 Å². The van der Waals surface area contributed by atoms with Crippen molar-refractivity contribution in [1.29, 1.82) is 0 Å². The molecular weight excluding hydrogens is 208 g/mol. The van der Waals surface area contributed by atoms with Gasteiger partial charge in [-0.05, 0) is 12.5 Å². The van der Waals surface area contributed by atoms with E-state index >= 15 is 0 Å². The minimum absolute atomic E-state index is 0.0910. The quantitative estimate of drug-likeness (QED) is 0.611. The third-order valence-electron chi connectivity index (χ3n) is 1.69. The molecular formula is C10H10ClF2N. The summed E-state index contributed by atoms with van der Waals surface area (Å²) in [7, 11) is 0. The van der Waals surface area contributed by atoms with Crippen LogP contribution in [0.3, 0.4) is 0 Å². The van der Waals surface area contributed by atoms with Gasteiger partial charge < -0.3 is 5.73 Å². The number of hydrogen-bond acceptors (Lipinski definition) is 1. The van der Waals surface area contributed by atoms with Crippen LogP contribution in [0.25, 0.3) is 6.08 Å². The minimum atomic E-state index is -0.672. The van der Waals surface area contributed by atoms with Crippen molar-refractivity contribution in [2.45, 2.75) is 6.42 Å². The molecule has 14 heavy (non-hydrogen) atoms. The zero-order valence-corrected chi connectivity index (χ0v) is 8.19. The van der Waals surface area contributed by atoms with E-state index in [1.165, 1.54) is 6.08 Å². The van der Waals surface area contributed by atoms with Gasteiger partial charge in [-0.15, -0.1) is 11.6 Å². The molecule has 0 atom stereocenters. The van der Waals surface area contributed by atoms with Crippen molar-refractivity contribution in [3.05, 3.63) is 35.4 Å². The van der Waals surface area contributed by atoms with Crippen molar-refractivity contribution >= 4 is 23.4 Å². The maximum Gasteiger partial charge on any atom is 0.135 e. The number of nitrogens with two attached hydrogens (primary N) is 1. The Hall–Kier alpha value is -1.09. The lowest BCUT2D eigenvalue weighted by molar-refractivity contribution is 0.583. The second kappa shape index (κ2) is 4.96. The number of benzene rings is 1. The van der Waals surface area contributed by atoms with Gasteiger partial charge in [-0.3, -0.25) is 0 Å². The van der Waals surface area contributed by atoms with E-state index in [2.05, 4.69) is 0 Å². The fourth-order valence-corrected chi connectivity index (χ4v) is 1.17. The largest absolute Gasteiger partial charge is 0.398 e. The van der Waals surface area contributed by atoms with Gasteiger partial charge in [-0.25, -0.2) is 8.78 Å². The summed E-state index contributed by atoms with van der Waals surface area (Å²) < 4.78 is 25.8. The van der Waals surface area contributed by atoms with E-state index in [1.807, 2.05) is 0 Å². The maximum absolute atomic E-state index is 13.1. The van der Waals surface area contributed by atoms with E-state index in [9.17, 15) is 8.78 Å². The molecule has 1 aromatic carbocycles. The third-order valence-corrected chi connectivity index (χ3v) is 1.90. The van der Waals surface area contributed by atoms with E-state index < -0.39 is 11.6 Å². The van der Waals surface area contributed by atoms with Crippen LogP contribution >= 0.6 is 11.6 Å². The molecule has 1 nitrogen and oxygen atoms in total. The van der Waals surface area contributed by atoms with Crippen molar-refractivity contribution < 1.29 is 8.78 Å². The van der Waals surface area contributed by atoms with Gasteiger partial charge >= 0.3 is 0 Å². The number of rotatable bonds is 3. The number of nitrogen functional groups attached to an aromatic ring is 1. The standard InChI is InChI=1S/C10H10ClF2N/c11-4-2-1-3-8-9(13)5-7(12)6-10(8)14/h1,3,5-6H,2,4,14H2. The van der Waals surface area contributed by atoms with Gasteiger partial charge in [-0.1, -0.05) is 12.2 Å². The van der Waals surface area contributed by atoms with Crippen LogP contribution in [-0.4, -0.2) is 5.88 Å². The van der Waals surface area contributed by atoms with E-state index in [4.69, 9.17) is 17.3 Å². The normalized spacial score (nSPS) is 11.1. The summed E-state index contributed by atoms with van der Waals surface area (Å²) in [5.74, 6) is -0.873. The lowest BCUT2D eigenvalue weighted by atomic mass is 10.1. The Balaban J connectivity index is 2.96. The first-order valence-electron chi connectivity index (χ1n) is 4.12. The molecule has 0 aliphatic carbocycles. The lowest BCUT2D eigenvalue weighted by Gasteiger charge is -2.02. The molecule has 0 heterocycles. The zero-order chi connectivity index (χ0) is 10.6. The lowest BCUT2D eigenvalue weighted by Crippen LogP contribution is -1.94. The van der Waals surface area contributed by atoms with Crippen LogP contribution in [0.15, 0.2) is 18.2 Å². The average molecular weight is 218 g/mol. The van der Waals surface area contributed by atoms with Crippen LogP contribution in [0.2, 0.25) is 0 Å². The van der Waals surface area contributed by atoms with Crippen molar-refractivity contribution in [3.63, 3.8) is 0 Å². The molecule has 0 spiro atoms. The van der Waals surface area contributed by atoms with Gasteiger partial charge in [-0.2, -0.15) is 0 Å². The Kier molecular flexibility index (Phi) is 3.89. The summed E-state index contributed by atoms with van der Waals surface area (Å²) in [6.07, 6.45) is 3.82. The second-order valence-electron chi connectivity index (χ2n) is 2.77.